The third-order valence-electron chi connectivity index (χ3n) is 3.07. The van der Waals surface area contributed by atoms with E-state index in [9.17, 15) is 4.79 Å². The molecule has 3 rings (SSSR count). The van der Waals surface area contributed by atoms with Crippen molar-refractivity contribution < 1.29 is 9.21 Å². The van der Waals surface area contributed by atoms with E-state index in [0.717, 1.165) is 29.4 Å². The fraction of sp³-hybridized carbons (Fsp3) is 0.267. The summed E-state index contributed by atoms with van der Waals surface area (Å²) in [7, 11) is 0. The highest BCUT2D eigenvalue weighted by molar-refractivity contribution is 7.13. The van der Waals surface area contributed by atoms with Crippen LogP contribution in [0.5, 0.6) is 0 Å². The lowest BCUT2D eigenvalue weighted by molar-refractivity contribution is -0.120. The Balaban J connectivity index is 1.42. The number of carbonyl (C=O) groups excluding carboxylic acids is 1. The van der Waals surface area contributed by atoms with Gasteiger partial charge in [-0.15, -0.1) is 11.3 Å². The van der Waals surface area contributed by atoms with Crippen LogP contribution in [-0.4, -0.2) is 27.2 Å². The summed E-state index contributed by atoms with van der Waals surface area (Å²) in [6.45, 7) is 1.43. The predicted molar refractivity (Wildman–Crippen MR) is 83.4 cm³/mol. The fourth-order valence-electron chi connectivity index (χ4n) is 2.03. The van der Waals surface area contributed by atoms with Crippen LogP contribution in [0.1, 0.15) is 12.1 Å². The van der Waals surface area contributed by atoms with Gasteiger partial charge in [0.25, 0.3) is 0 Å². The van der Waals surface area contributed by atoms with Gasteiger partial charge in [0.05, 0.1) is 18.4 Å². The smallest absolute Gasteiger partial charge is 0.226 e. The Labute approximate surface area is 131 Å². The zero-order chi connectivity index (χ0) is 15.2. The first-order valence-electron chi connectivity index (χ1n) is 7.03. The third kappa shape index (κ3) is 3.82. The number of rotatable bonds is 7. The minimum absolute atomic E-state index is 0.0169. The van der Waals surface area contributed by atoms with Crippen molar-refractivity contribution in [2.45, 2.75) is 19.4 Å². The lowest BCUT2D eigenvalue weighted by atomic mass is 10.3. The second kappa shape index (κ2) is 7.04. The number of hydrogen-bond donors (Lipinski definition) is 1. The SMILES string of the molecule is O=C(Cc1csc(-c2ccco2)n1)NCCCn1cccn1. The van der Waals surface area contributed by atoms with Gasteiger partial charge in [0, 0.05) is 30.9 Å². The van der Waals surface area contributed by atoms with Crippen LogP contribution in [0, 0.1) is 0 Å². The molecular formula is C15H16N4O2S. The van der Waals surface area contributed by atoms with Gasteiger partial charge in [0.1, 0.15) is 0 Å². The second-order valence-electron chi connectivity index (χ2n) is 4.77. The molecule has 0 saturated heterocycles. The van der Waals surface area contributed by atoms with Crippen LogP contribution in [0.2, 0.25) is 0 Å². The molecule has 0 aromatic carbocycles. The summed E-state index contributed by atoms with van der Waals surface area (Å²) in [6.07, 6.45) is 6.41. The Morgan fingerprint density at radius 1 is 1.41 bits per heavy atom. The van der Waals surface area contributed by atoms with Crippen molar-refractivity contribution >= 4 is 17.2 Å². The van der Waals surface area contributed by atoms with Crippen LogP contribution in [0.4, 0.5) is 0 Å². The van der Waals surface area contributed by atoms with Crippen molar-refractivity contribution in [2.75, 3.05) is 6.54 Å². The number of amides is 1. The number of aryl methyl sites for hydroxylation is 1. The Morgan fingerprint density at radius 3 is 3.14 bits per heavy atom. The molecule has 0 radical (unpaired) electrons. The molecule has 1 amide bonds. The molecule has 3 aromatic rings. The first-order valence-corrected chi connectivity index (χ1v) is 7.91. The molecule has 1 N–H and O–H groups in total. The van der Waals surface area contributed by atoms with Gasteiger partial charge in [-0.05, 0) is 24.6 Å². The zero-order valence-electron chi connectivity index (χ0n) is 11.9. The standard InChI is InChI=1S/C15H16N4O2S/c20-14(16-5-2-7-19-8-3-6-17-19)10-12-11-22-15(18-12)13-4-1-9-21-13/h1,3-4,6,8-9,11H,2,5,7,10H2,(H,16,20). The highest BCUT2D eigenvalue weighted by Gasteiger charge is 2.10. The van der Waals surface area contributed by atoms with E-state index in [2.05, 4.69) is 15.4 Å². The normalized spacial score (nSPS) is 10.7. The number of furan rings is 1. The van der Waals surface area contributed by atoms with Crippen molar-refractivity contribution in [2.24, 2.45) is 0 Å². The quantitative estimate of drug-likeness (QED) is 0.679. The molecule has 0 aliphatic rings. The van der Waals surface area contributed by atoms with E-state index in [4.69, 9.17) is 4.42 Å². The molecule has 0 unspecified atom stereocenters. The predicted octanol–water partition coefficient (Wildman–Crippen LogP) is 2.35. The molecule has 0 fully saturated rings. The van der Waals surface area contributed by atoms with Gasteiger partial charge in [0.2, 0.25) is 5.91 Å². The summed E-state index contributed by atoms with van der Waals surface area (Å²) in [6, 6.07) is 5.57. The summed E-state index contributed by atoms with van der Waals surface area (Å²) in [5.74, 6) is 0.715. The summed E-state index contributed by atoms with van der Waals surface area (Å²) < 4.78 is 7.14. The van der Waals surface area contributed by atoms with Crippen molar-refractivity contribution in [3.63, 3.8) is 0 Å². The van der Waals surface area contributed by atoms with Crippen molar-refractivity contribution in [1.29, 1.82) is 0 Å². The molecule has 0 aliphatic heterocycles. The van der Waals surface area contributed by atoms with Gasteiger partial charge in [-0.3, -0.25) is 9.48 Å². The van der Waals surface area contributed by atoms with E-state index < -0.39 is 0 Å². The van der Waals surface area contributed by atoms with Gasteiger partial charge >= 0.3 is 0 Å². The summed E-state index contributed by atoms with van der Waals surface area (Å²) in [5, 5.41) is 9.70. The monoisotopic (exact) mass is 316 g/mol. The summed E-state index contributed by atoms with van der Waals surface area (Å²) in [5.41, 5.74) is 0.765. The van der Waals surface area contributed by atoms with Crippen molar-refractivity contribution in [1.82, 2.24) is 20.1 Å². The molecule has 0 spiro atoms. The lowest BCUT2D eigenvalue weighted by Gasteiger charge is -2.04. The zero-order valence-corrected chi connectivity index (χ0v) is 12.8. The Kier molecular flexibility index (Phi) is 4.65. The molecule has 0 saturated carbocycles. The first-order chi connectivity index (χ1) is 10.8. The Bertz CT molecular complexity index is 704. The number of nitrogens with one attached hydrogen (secondary N) is 1. The third-order valence-corrected chi connectivity index (χ3v) is 3.98. The van der Waals surface area contributed by atoms with Gasteiger partial charge in [0.15, 0.2) is 10.8 Å². The van der Waals surface area contributed by atoms with Crippen molar-refractivity contribution in [3.05, 3.63) is 47.9 Å². The van der Waals surface area contributed by atoms with Crippen LogP contribution in [0.25, 0.3) is 10.8 Å². The van der Waals surface area contributed by atoms with Gasteiger partial charge in [-0.2, -0.15) is 5.10 Å². The van der Waals surface area contributed by atoms with Crippen molar-refractivity contribution in [3.8, 4) is 10.8 Å². The van der Waals surface area contributed by atoms with E-state index in [1.165, 1.54) is 11.3 Å². The number of carbonyl (C=O) groups is 1. The number of thiazole rings is 1. The highest BCUT2D eigenvalue weighted by atomic mass is 32.1. The average Bonchev–Trinajstić information content (AvgIpc) is 3.24. The maximum Gasteiger partial charge on any atom is 0.226 e. The Morgan fingerprint density at radius 2 is 2.36 bits per heavy atom. The fourth-order valence-corrected chi connectivity index (χ4v) is 2.82. The van der Waals surface area contributed by atoms with Crippen LogP contribution >= 0.6 is 11.3 Å². The molecule has 22 heavy (non-hydrogen) atoms. The molecule has 7 heteroatoms. The minimum Gasteiger partial charge on any atom is -0.462 e. The molecular weight excluding hydrogens is 300 g/mol. The topological polar surface area (TPSA) is 73.0 Å². The molecule has 0 atom stereocenters. The molecule has 0 aliphatic carbocycles. The van der Waals surface area contributed by atoms with Gasteiger partial charge in [-0.1, -0.05) is 0 Å². The largest absolute Gasteiger partial charge is 0.462 e. The van der Waals surface area contributed by atoms with Crippen LogP contribution in [0.15, 0.2) is 46.7 Å². The molecule has 114 valence electrons. The molecule has 3 aromatic heterocycles. The number of aromatic nitrogens is 3. The average molecular weight is 316 g/mol. The number of hydrogen-bond acceptors (Lipinski definition) is 5. The van der Waals surface area contributed by atoms with Crippen LogP contribution < -0.4 is 5.32 Å². The number of nitrogens with zero attached hydrogens (tertiary/aromatic N) is 3. The van der Waals surface area contributed by atoms with E-state index in [1.807, 2.05) is 34.5 Å². The van der Waals surface area contributed by atoms with E-state index in [1.54, 1.807) is 12.5 Å². The minimum atomic E-state index is -0.0169. The van der Waals surface area contributed by atoms with Crippen LogP contribution in [0.3, 0.4) is 0 Å². The van der Waals surface area contributed by atoms with Crippen LogP contribution in [-0.2, 0) is 17.8 Å². The van der Waals surface area contributed by atoms with E-state index in [0.29, 0.717) is 13.0 Å². The molecule has 0 bridgehead atoms. The molecule has 6 nitrogen and oxygen atoms in total. The summed E-state index contributed by atoms with van der Waals surface area (Å²) >= 11 is 1.48. The first kappa shape index (κ1) is 14.5. The van der Waals surface area contributed by atoms with Gasteiger partial charge < -0.3 is 9.73 Å². The maximum absolute atomic E-state index is 11.9. The molecule has 3 heterocycles. The maximum atomic E-state index is 11.9. The second-order valence-corrected chi connectivity index (χ2v) is 5.63. The summed E-state index contributed by atoms with van der Waals surface area (Å²) in [4.78, 5) is 16.3. The lowest BCUT2D eigenvalue weighted by Crippen LogP contribution is -2.27. The van der Waals surface area contributed by atoms with E-state index >= 15 is 0 Å². The highest BCUT2D eigenvalue weighted by Crippen LogP contribution is 2.23. The van der Waals surface area contributed by atoms with Gasteiger partial charge in [-0.25, -0.2) is 4.98 Å². The Hall–Kier alpha value is -2.41. The van der Waals surface area contributed by atoms with E-state index in [-0.39, 0.29) is 5.91 Å².